The van der Waals surface area contributed by atoms with Crippen LogP contribution in [0.15, 0.2) is 53.6 Å². The van der Waals surface area contributed by atoms with Gasteiger partial charge in [-0.15, -0.1) is 0 Å². The summed E-state index contributed by atoms with van der Waals surface area (Å²) >= 11 is 5.82. The van der Waals surface area contributed by atoms with Gasteiger partial charge in [0.15, 0.2) is 6.61 Å². The van der Waals surface area contributed by atoms with E-state index in [1.807, 2.05) is 6.92 Å². The molecule has 0 heterocycles. The highest BCUT2D eigenvalue weighted by atomic mass is 35.5. The van der Waals surface area contributed by atoms with E-state index in [-0.39, 0.29) is 12.5 Å². The highest BCUT2D eigenvalue weighted by Crippen LogP contribution is 2.32. The molecule has 5 heteroatoms. The molecule has 27 heavy (non-hydrogen) atoms. The minimum Gasteiger partial charge on any atom is -0.484 e. The molecule has 1 aliphatic rings. The van der Waals surface area contributed by atoms with Gasteiger partial charge in [0.1, 0.15) is 5.75 Å². The van der Waals surface area contributed by atoms with E-state index in [0.29, 0.717) is 16.7 Å². The van der Waals surface area contributed by atoms with Gasteiger partial charge in [0, 0.05) is 5.02 Å². The van der Waals surface area contributed by atoms with E-state index in [1.165, 1.54) is 37.7 Å². The Kier molecular flexibility index (Phi) is 6.88. The standard InChI is InChI=1S/C22H25ClN2O2/c1-16(17-7-9-19(10-8-17)18-5-3-2-4-6-18)24-25-22(26)15-27-21-13-11-20(23)12-14-21/h7-14,18H,2-6,15H2,1H3,(H,25,26)/b24-16-. The minimum absolute atomic E-state index is 0.0982. The largest absolute Gasteiger partial charge is 0.484 e. The summed E-state index contributed by atoms with van der Waals surface area (Å²) in [6.45, 7) is 1.79. The fourth-order valence-electron chi connectivity index (χ4n) is 3.36. The Hall–Kier alpha value is -2.33. The maximum Gasteiger partial charge on any atom is 0.277 e. The number of hydrogen-bond donors (Lipinski definition) is 1. The molecule has 2 aromatic carbocycles. The fraction of sp³-hybridized carbons (Fsp3) is 0.364. The van der Waals surface area contributed by atoms with Crippen LogP contribution in [0.4, 0.5) is 0 Å². The summed E-state index contributed by atoms with van der Waals surface area (Å²) in [5.41, 5.74) is 5.72. The number of nitrogens with zero attached hydrogens (tertiary/aromatic N) is 1. The zero-order valence-electron chi connectivity index (χ0n) is 15.6. The zero-order valence-corrected chi connectivity index (χ0v) is 16.3. The number of carbonyl (C=O) groups is 1. The lowest BCUT2D eigenvalue weighted by Gasteiger charge is -2.22. The molecule has 1 aliphatic carbocycles. The van der Waals surface area contributed by atoms with Crippen molar-refractivity contribution >= 4 is 23.2 Å². The summed E-state index contributed by atoms with van der Waals surface area (Å²) in [4.78, 5) is 11.9. The first-order valence-corrected chi connectivity index (χ1v) is 9.81. The van der Waals surface area contributed by atoms with Crippen molar-refractivity contribution in [2.24, 2.45) is 5.10 Å². The molecular weight excluding hydrogens is 360 g/mol. The summed E-state index contributed by atoms with van der Waals surface area (Å²) in [7, 11) is 0. The first kappa shape index (κ1) is 19.4. The summed E-state index contributed by atoms with van der Waals surface area (Å²) in [5.74, 6) is 0.978. The molecule has 1 N–H and O–H groups in total. The Morgan fingerprint density at radius 3 is 2.41 bits per heavy atom. The third-order valence-electron chi connectivity index (χ3n) is 4.94. The van der Waals surface area contributed by atoms with Gasteiger partial charge in [0.25, 0.3) is 5.91 Å². The van der Waals surface area contributed by atoms with E-state index in [0.717, 1.165) is 11.3 Å². The number of hydrogen-bond acceptors (Lipinski definition) is 3. The highest BCUT2D eigenvalue weighted by molar-refractivity contribution is 6.30. The quantitative estimate of drug-likeness (QED) is 0.542. The predicted octanol–water partition coefficient (Wildman–Crippen LogP) is 5.31. The van der Waals surface area contributed by atoms with E-state index in [9.17, 15) is 4.79 Å². The van der Waals surface area contributed by atoms with Crippen LogP contribution < -0.4 is 10.2 Å². The molecule has 1 fully saturated rings. The molecular formula is C22H25ClN2O2. The number of ether oxygens (including phenoxy) is 1. The molecule has 1 saturated carbocycles. The number of hydrazone groups is 1. The fourth-order valence-corrected chi connectivity index (χ4v) is 3.48. The van der Waals surface area contributed by atoms with Crippen LogP contribution in [-0.2, 0) is 4.79 Å². The lowest BCUT2D eigenvalue weighted by atomic mass is 9.84. The van der Waals surface area contributed by atoms with Gasteiger partial charge in [0.05, 0.1) is 5.71 Å². The molecule has 2 aromatic rings. The minimum atomic E-state index is -0.303. The van der Waals surface area contributed by atoms with Crippen molar-refractivity contribution in [2.75, 3.05) is 6.61 Å². The van der Waals surface area contributed by atoms with Gasteiger partial charge in [-0.05, 0) is 61.1 Å². The maximum atomic E-state index is 11.9. The second-order valence-corrected chi connectivity index (χ2v) is 7.37. The summed E-state index contributed by atoms with van der Waals surface area (Å²) in [5, 5.41) is 4.81. The molecule has 142 valence electrons. The Labute approximate surface area is 165 Å². The number of amides is 1. The molecule has 0 unspecified atom stereocenters. The maximum absolute atomic E-state index is 11.9. The first-order valence-electron chi connectivity index (χ1n) is 9.43. The van der Waals surface area contributed by atoms with E-state index >= 15 is 0 Å². The normalized spacial score (nSPS) is 15.4. The van der Waals surface area contributed by atoms with Crippen LogP contribution in [-0.4, -0.2) is 18.2 Å². The van der Waals surface area contributed by atoms with Crippen LogP contribution in [0, 0.1) is 0 Å². The number of carbonyl (C=O) groups excluding carboxylic acids is 1. The van der Waals surface area contributed by atoms with Crippen LogP contribution in [0.2, 0.25) is 5.02 Å². The molecule has 4 nitrogen and oxygen atoms in total. The van der Waals surface area contributed by atoms with E-state index in [4.69, 9.17) is 16.3 Å². The molecule has 0 aliphatic heterocycles. The van der Waals surface area contributed by atoms with E-state index in [2.05, 4.69) is 34.8 Å². The van der Waals surface area contributed by atoms with Gasteiger partial charge in [-0.2, -0.15) is 5.10 Å². The molecule has 0 saturated heterocycles. The highest BCUT2D eigenvalue weighted by Gasteiger charge is 2.15. The molecule has 0 aromatic heterocycles. The number of rotatable bonds is 6. The van der Waals surface area contributed by atoms with Gasteiger partial charge in [0.2, 0.25) is 0 Å². The Morgan fingerprint density at radius 1 is 1.07 bits per heavy atom. The summed E-state index contributed by atoms with van der Waals surface area (Å²) < 4.78 is 5.40. The van der Waals surface area contributed by atoms with Crippen molar-refractivity contribution in [1.82, 2.24) is 5.43 Å². The third kappa shape index (κ3) is 5.83. The van der Waals surface area contributed by atoms with Crippen LogP contribution in [0.3, 0.4) is 0 Å². The van der Waals surface area contributed by atoms with Crippen molar-refractivity contribution in [2.45, 2.75) is 44.9 Å². The first-order chi connectivity index (χ1) is 13.1. The second-order valence-electron chi connectivity index (χ2n) is 6.93. The predicted molar refractivity (Wildman–Crippen MR) is 110 cm³/mol. The monoisotopic (exact) mass is 384 g/mol. The summed E-state index contributed by atoms with van der Waals surface area (Å²) in [6.07, 6.45) is 6.60. The number of halogens is 1. The van der Waals surface area contributed by atoms with Crippen molar-refractivity contribution in [3.63, 3.8) is 0 Å². The second kappa shape index (κ2) is 9.56. The van der Waals surface area contributed by atoms with Crippen LogP contribution in [0.5, 0.6) is 5.75 Å². The van der Waals surface area contributed by atoms with Crippen LogP contribution in [0.1, 0.15) is 56.1 Å². The lowest BCUT2D eigenvalue weighted by molar-refractivity contribution is -0.123. The smallest absolute Gasteiger partial charge is 0.277 e. The average Bonchev–Trinajstić information content (AvgIpc) is 2.72. The average molecular weight is 385 g/mol. The Bertz CT molecular complexity index is 779. The van der Waals surface area contributed by atoms with Gasteiger partial charge >= 0.3 is 0 Å². The molecule has 0 atom stereocenters. The van der Waals surface area contributed by atoms with Gasteiger partial charge < -0.3 is 4.74 Å². The van der Waals surface area contributed by atoms with Crippen molar-refractivity contribution < 1.29 is 9.53 Å². The molecule has 3 rings (SSSR count). The van der Waals surface area contributed by atoms with E-state index < -0.39 is 0 Å². The van der Waals surface area contributed by atoms with Crippen LogP contribution >= 0.6 is 11.6 Å². The SMILES string of the molecule is C/C(=N/NC(=O)COc1ccc(Cl)cc1)c1ccc(C2CCCCC2)cc1. The zero-order chi connectivity index (χ0) is 19.1. The topological polar surface area (TPSA) is 50.7 Å². The molecule has 1 amide bonds. The third-order valence-corrected chi connectivity index (χ3v) is 5.19. The van der Waals surface area contributed by atoms with Crippen molar-refractivity contribution in [1.29, 1.82) is 0 Å². The van der Waals surface area contributed by atoms with Gasteiger partial charge in [-0.3, -0.25) is 4.79 Å². The van der Waals surface area contributed by atoms with Gasteiger partial charge in [-0.25, -0.2) is 5.43 Å². The van der Waals surface area contributed by atoms with Crippen molar-refractivity contribution in [3.05, 3.63) is 64.7 Å². The Morgan fingerprint density at radius 2 is 1.74 bits per heavy atom. The van der Waals surface area contributed by atoms with Crippen LogP contribution in [0.25, 0.3) is 0 Å². The lowest BCUT2D eigenvalue weighted by Crippen LogP contribution is -2.25. The molecule has 0 radical (unpaired) electrons. The van der Waals surface area contributed by atoms with Crippen molar-refractivity contribution in [3.8, 4) is 5.75 Å². The number of benzene rings is 2. The molecule has 0 spiro atoms. The van der Waals surface area contributed by atoms with Gasteiger partial charge in [-0.1, -0.05) is 55.1 Å². The summed E-state index contributed by atoms with van der Waals surface area (Å²) in [6, 6.07) is 15.4. The Balaban J connectivity index is 1.50. The number of nitrogens with one attached hydrogen (secondary N) is 1. The van der Waals surface area contributed by atoms with E-state index in [1.54, 1.807) is 24.3 Å². The molecule has 0 bridgehead atoms.